The predicted octanol–water partition coefficient (Wildman–Crippen LogP) is 3.51. The fourth-order valence-electron chi connectivity index (χ4n) is 3.79. The van der Waals surface area contributed by atoms with Crippen molar-refractivity contribution >= 4 is 16.9 Å². The summed E-state index contributed by atoms with van der Waals surface area (Å²) in [6, 6.07) is 16.1. The van der Waals surface area contributed by atoms with Crippen LogP contribution in [0.2, 0.25) is 0 Å². The molecule has 1 saturated heterocycles. The van der Waals surface area contributed by atoms with Crippen molar-refractivity contribution in [3.8, 4) is 0 Å². The molecule has 2 aromatic carbocycles. The summed E-state index contributed by atoms with van der Waals surface area (Å²) < 4.78 is 1.93. The number of para-hydroxylation sites is 2. The zero-order chi connectivity index (χ0) is 18.6. The first-order valence-corrected chi connectivity index (χ1v) is 9.70. The maximum absolute atomic E-state index is 12.7. The molecule has 140 valence electrons. The minimum absolute atomic E-state index is 0.00287. The molecule has 1 amide bonds. The van der Waals surface area contributed by atoms with E-state index >= 15 is 0 Å². The number of imidazole rings is 1. The van der Waals surface area contributed by atoms with E-state index in [0.29, 0.717) is 6.54 Å². The number of aromatic nitrogens is 2. The van der Waals surface area contributed by atoms with Gasteiger partial charge in [0.1, 0.15) is 6.04 Å². The minimum atomic E-state index is -0.301. The summed E-state index contributed by atoms with van der Waals surface area (Å²) in [5.41, 5.74) is 4.35. The molecule has 0 radical (unpaired) electrons. The summed E-state index contributed by atoms with van der Waals surface area (Å²) in [4.78, 5) is 19.5. The molecule has 1 unspecified atom stereocenters. The van der Waals surface area contributed by atoms with Crippen LogP contribution in [0, 0.1) is 0 Å². The Hall–Kier alpha value is -2.66. The fourth-order valence-corrected chi connectivity index (χ4v) is 3.79. The van der Waals surface area contributed by atoms with Crippen LogP contribution in [0.5, 0.6) is 0 Å². The van der Waals surface area contributed by atoms with Crippen LogP contribution in [0.25, 0.3) is 11.0 Å². The highest BCUT2D eigenvalue weighted by Crippen LogP contribution is 2.18. The molecule has 2 heterocycles. The number of amides is 1. The highest BCUT2D eigenvalue weighted by molar-refractivity contribution is 5.83. The third-order valence-electron chi connectivity index (χ3n) is 5.34. The van der Waals surface area contributed by atoms with Crippen LogP contribution in [-0.4, -0.2) is 33.4 Å². The van der Waals surface area contributed by atoms with Gasteiger partial charge in [-0.2, -0.15) is 0 Å². The number of hydrogen-bond acceptors (Lipinski definition) is 3. The van der Waals surface area contributed by atoms with Crippen molar-refractivity contribution < 1.29 is 4.79 Å². The second kappa shape index (κ2) is 7.92. The quantitative estimate of drug-likeness (QED) is 0.730. The minimum Gasteiger partial charge on any atom is -0.350 e. The van der Waals surface area contributed by atoms with Crippen molar-refractivity contribution in [2.45, 2.75) is 38.9 Å². The van der Waals surface area contributed by atoms with E-state index in [0.717, 1.165) is 23.1 Å². The van der Waals surface area contributed by atoms with Gasteiger partial charge in [0.25, 0.3) is 0 Å². The number of nitrogens with one attached hydrogen (secondary N) is 1. The first-order chi connectivity index (χ1) is 13.2. The van der Waals surface area contributed by atoms with Crippen molar-refractivity contribution in [3.63, 3.8) is 0 Å². The maximum atomic E-state index is 12.7. The molecular weight excluding hydrogens is 336 g/mol. The Labute approximate surface area is 160 Å². The second-order valence-electron chi connectivity index (χ2n) is 7.34. The zero-order valence-electron chi connectivity index (χ0n) is 15.8. The van der Waals surface area contributed by atoms with E-state index in [-0.39, 0.29) is 11.9 Å². The van der Waals surface area contributed by atoms with Gasteiger partial charge in [-0.05, 0) is 56.1 Å². The summed E-state index contributed by atoms with van der Waals surface area (Å²) in [5, 5.41) is 3.07. The molecule has 1 fully saturated rings. The van der Waals surface area contributed by atoms with Crippen LogP contribution < -0.4 is 5.32 Å². The van der Waals surface area contributed by atoms with Crippen molar-refractivity contribution in [2.75, 3.05) is 13.1 Å². The third kappa shape index (κ3) is 4.03. The molecule has 1 aromatic heterocycles. The normalized spacial score (nSPS) is 15.9. The largest absolute Gasteiger partial charge is 0.350 e. The van der Waals surface area contributed by atoms with Gasteiger partial charge in [-0.15, -0.1) is 0 Å². The van der Waals surface area contributed by atoms with Crippen molar-refractivity contribution in [1.29, 1.82) is 0 Å². The van der Waals surface area contributed by atoms with Crippen molar-refractivity contribution in [3.05, 3.63) is 66.0 Å². The summed E-state index contributed by atoms with van der Waals surface area (Å²) >= 11 is 0. The van der Waals surface area contributed by atoms with Crippen LogP contribution in [0.4, 0.5) is 0 Å². The Bertz CT molecular complexity index is 927. The molecule has 1 aliphatic rings. The Morgan fingerprint density at radius 3 is 2.74 bits per heavy atom. The van der Waals surface area contributed by atoms with Crippen LogP contribution >= 0.6 is 0 Å². The van der Waals surface area contributed by atoms with E-state index in [1.165, 1.54) is 31.5 Å². The number of fused-ring (bicyclic) bond motifs is 1. The fraction of sp³-hybridized carbons (Fsp3) is 0.364. The van der Waals surface area contributed by atoms with E-state index in [9.17, 15) is 4.79 Å². The number of nitrogens with zero attached hydrogens (tertiary/aromatic N) is 3. The maximum Gasteiger partial charge on any atom is 0.243 e. The highest BCUT2D eigenvalue weighted by Gasteiger charge is 2.17. The second-order valence-corrected chi connectivity index (χ2v) is 7.34. The van der Waals surface area contributed by atoms with E-state index in [1.54, 1.807) is 6.33 Å². The Kier molecular flexibility index (Phi) is 5.21. The van der Waals surface area contributed by atoms with Gasteiger partial charge in [0, 0.05) is 13.1 Å². The lowest BCUT2D eigenvalue weighted by atomic mass is 10.1. The molecule has 1 aliphatic heterocycles. The number of benzene rings is 2. The lowest BCUT2D eigenvalue weighted by Gasteiger charge is -2.16. The molecule has 0 bridgehead atoms. The molecular formula is C22H26N4O. The van der Waals surface area contributed by atoms with Crippen LogP contribution in [-0.2, 0) is 17.9 Å². The molecule has 0 spiro atoms. The summed E-state index contributed by atoms with van der Waals surface area (Å²) in [6.07, 6.45) is 4.35. The molecule has 27 heavy (non-hydrogen) atoms. The highest BCUT2D eigenvalue weighted by atomic mass is 16.2. The van der Waals surface area contributed by atoms with E-state index in [2.05, 4.69) is 39.5 Å². The first-order valence-electron chi connectivity index (χ1n) is 9.70. The van der Waals surface area contributed by atoms with Gasteiger partial charge in [0.05, 0.1) is 17.4 Å². The molecule has 1 atom stereocenters. The van der Waals surface area contributed by atoms with E-state index in [4.69, 9.17) is 0 Å². The SMILES string of the molecule is CC(C(=O)NCc1cccc(CN2CCCC2)c1)n1cnc2ccccc21. The molecule has 0 saturated carbocycles. The van der Waals surface area contributed by atoms with Crippen LogP contribution in [0.1, 0.15) is 36.9 Å². The molecule has 1 N–H and O–H groups in total. The van der Waals surface area contributed by atoms with Gasteiger partial charge in [0.15, 0.2) is 0 Å². The topological polar surface area (TPSA) is 50.2 Å². The van der Waals surface area contributed by atoms with Gasteiger partial charge in [-0.1, -0.05) is 36.4 Å². The monoisotopic (exact) mass is 362 g/mol. The van der Waals surface area contributed by atoms with Crippen LogP contribution in [0.15, 0.2) is 54.9 Å². The lowest BCUT2D eigenvalue weighted by molar-refractivity contribution is -0.123. The van der Waals surface area contributed by atoms with E-state index < -0.39 is 0 Å². The van der Waals surface area contributed by atoms with Crippen LogP contribution in [0.3, 0.4) is 0 Å². The van der Waals surface area contributed by atoms with Gasteiger partial charge in [-0.3, -0.25) is 9.69 Å². The van der Waals surface area contributed by atoms with Crippen molar-refractivity contribution in [1.82, 2.24) is 19.8 Å². The molecule has 5 heteroatoms. The average molecular weight is 362 g/mol. The number of rotatable bonds is 6. The Balaban J connectivity index is 1.38. The Morgan fingerprint density at radius 2 is 1.89 bits per heavy atom. The Morgan fingerprint density at radius 1 is 1.11 bits per heavy atom. The standard InChI is InChI=1S/C22H26N4O/c1-17(26-16-24-20-9-2-3-10-21(20)26)22(27)23-14-18-7-6-8-19(13-18)15-25-11-4-5-12-25/h2-3,6-10,13,16-17H,4-5,11-12,14-15H2,1H3,(H,23,27). The van der Waals surface area contributed by atoms with Gasteiger partial charge in [-0.25, -0.2) is 4.98 Å². The predicted molar refractivity (Wildman–Crippen MR) is 107 cm³/mol. The zero-order valence-corrected chi connectivity index (χ0v) is 15.8. The average Bonchev–Trinajstić information content (AvgIpc) is 3.35. The summed E-state index contributed by atoms with van der Waals surface area (Å²) in [7, 11) is 0. The molecule has 4 rings (SSSR count). The van der Waals surface area contributed by atoms with Gasteiger partial charge < -0.3 is 9.88 Å². The molecule has 3 aromatic rings. The third-order valence-corrected chi connectivity index (χ3v) is 5.34. The van der Waals surface area contributed by atoms with Gasteiger partial charge >= 0.3 is 0 Å². The molecule has 0 aliphatic carbocycles. The smallest absolute Gasteiger partial charge is 0.243 e. The number of hydrogen-bond donors (Lipinski definition) is 1. The first kappa shape index (κ1) is 17.7. The molecule has 5 nitrogen and oxygen atoms in total. The summed E-state index contributed by atoms with van der Waals surface area (Å²) in [5.74, 6) is 0.00287. The van der Waals surface area contributed by atoms with E-state index in [1.807, 2.05) is 35.8 Å². The number of carbonyl (C=O) groups is 1. The lowest BCUT2D eigenvalue weighted by Crippen LogP contribution is -2.30. The number of carbonyl (C=O) groups excluding carboxylic acids is 1. The van der Waals surface area contributed by atoms with Crippen molar-refractivity contribution in [2.24, 2.45) is 0 Å². The summed E-state index contributed by atoms with van der Waals surface area (Å²) in [6.45, 7) is 5.84. The number of likely N-dealkylation sites (tertiary alicyclic amines) is 1. The van der Waals surface area contributed by atoms with Gasteiger partial charge in [0.2, 0.25) is 5.91 Å².